The number of rotatable bonds is 6. The first kappa shape index (κ1) is 13.6. The standard InChI is InChI=1S/C13H16F2O2/c1-2-3-4-5-6-13(16)17-10-7-8-11(14)12(15)9-10/h7-9H,2-6H2,1H3. The summed E-state index contributed by atoms with van der Waals surface area (Å²) in [6.45, 7) is 2.08. The van der Waals surface area contributed by atoms with Gasteiger partial charge in [0, 0.05) is 12.5 Å². The molecule has 0 saturated carbocycles. The average Bonchev–Trinajstić information content (AvgIpc) is 2.30. The Kier molecular flexibility index (Phi) is 5.60. The van der Waals surface area contributed by atoms with Crippen LogP contribution in [0.4, 0.5) is 8.78 Å². The Hall–Kier alpha value is -1.45. The number of halogens is 2. The van der Waals surface area contributed by atoms with Gasteiger partial charge in [-0.1, -0.05) is 26.2 Å². The first-order valence-electron chi connectivity index (χ1n) is 5.79. The Morgan fingerprint density at radius 1 is 1.18 bits per heavy atom. The summed E-state index contributed by atoms with van der Waals surface area (Å²) < 4.78 is 30.3. The number of carbonyl (C=O) groups is 1. The lowest BCUT2D eigenvalue weighted by Crippen LogP contribution is -2.07. The highest BCUT2D eigenvalue weighted by Crippen LogP contribution is 2.16. The van der Waals surface area contributed by atoms with Crippen molar-refractivity contribution in [2.24, 2.45) is 0 Å². The fraction of sp³-hybridized carbons (Fsp3) is 0.462. The predicted octanol–water partition coefficient (Wildman–Crippen LogP) is 3.84. The molecule has 0 N–H and O–H groups in total. The zero-order valence-electron chi connectivity index (χ0n) is 9.84. The molecule has 1 aromatic carbocycles. The van der Waals surface area contributed by atoms with Gasteiger partial charge in [0.2, 0.25) is 0 Å². The van der Waals surface area contributed by atoms with E-state index in [2.05, 4.69) is 6.92 Å². The number of hydrogen-bond acceptors (Lipinski definition) is 2. The fourth-order valence-corrected chi connectivity index (χ4v) is 1.42. The molecule has 17 heavy (non-hydrogen) atoms. The molecule has 0 spiro atoms. The molecule has 0 fully saturated rings. The lowest BCUT2D eigenvalue weighted by Gasteiger charge is -2.04. The Balaban J connectivity index is 2.37. The van der Waals surface area contributed by atoms with Crippen molar-refractivity contribution in [1.29, 1.82) is 0 Å². The summed E-state index contributed by atoms with van der Waals surface area (Å²) in [5.74, 6) is -2.33. The molecule has 94 valence electrons. The van der Waals surface area contributed by atoms with Gasteiger partial charge in [-0.3, -0.25) is 4.79 Å². The number of benzene rings is 1. The van der Waals surface area contributed by atoms with Crippen molar-refractivity contribution >= 4 is 5.97 Å². The van der Waals surface area contributed by atoms with E-state index in [1.165, 1.54) is 6.07 Å². The normalized spacial score (nSPS) is 10.3. The lowest BCUT2D eigenvalue weighted by atomic mass is 10.1. The molecule has 0 saturated heterocycles. The van der Waals surface area contributed by atoms with E-state index >= 15 is 0 Å². The van der Waals surface area contributed by atoms with E-state index in [1.807, 2.05) is 0 Å². The van der Waals surface area contributed by atoms with Crippen LogP contribution in [0.25, 0.3) is 0 Å². The number of esters is 1. The highest BCUT2D eigenvalue weighted by Gasteiger charge is 2.07. The van der Waals surface area contributed by atoms with Crippen molar-refractivity contribution in [2.75, 3.05) is 0 Å². The van der Waals surface area contributed by atoms with Crippen LogP contribution >= 0.6 is 0 Å². The van der Waals surface area contributed by atoms with Crippen LogP contribution in [0, 0.1) is 11.6 Å². The van der Waals surface area contributed by atoms with Crippen LogP contribution in [-0.4, -0.2) is 5.97 Å². The molecule has 0 aliphatic rings. The monoisotopic (exact) mass is 242 g/mol. The van der Waals surface area contributed by atoms with Crippen LogP contribution in [0.1, 0.15) is 39.0 Å². The number of carbonyl (C=O) groups excluding carboxylic acids is 1. The van der Waals surface area contributed by atoms with E-state index < -0.39 is 17.6 Å². The maximum atomic E-state index is 12.8. The van der Waals surface area contributed by atoms with E-state index in [0.717, 1.165) is 37.8 Å². The lowest BCUT2D eigenvalue weighted by molar-refractivity contribution is -0.134. The van der Waals surface area contributed by atoms with Gasteiger partial charge >= 0.3 is 5.97 Å². The van der Waals surface area contributed by atoms with E-state index in [4.69, 9.17) is 4.74 Å². The van der Waals surface area contributed by atoms with Gasteiger partial charge in [-0.25, -0.2) is 8.78 Å². The van der Waals surface area contributed by atoms with E-state index in [-0.39, 0.29) is 5.75 Å². The van der Waals surface area contributed by atoms with Crippen molar-refractivity contribution in [1.82, 2.24) is 0 Å². The number of unbranched alkanes of at least 4 members (excludes halogenated alkanes) is 3. The van der Waals surface area contributed by atoms with Crippen LogP contribution in [0.15, 0.2) is 18.2 Å². The average molecular weight is 242 g/mol. The maximum Gasteiger partial charge on any atom is 0.311 e. The molecule has 0 aromatic heterocycles. The summed E-state index contributed by atoms with van der Waals surface area (Å²) >= 11 is 0. The molecule has 0 heterocycles. The Morgan fingerprint density at radius 3 is 2.59 bits per heavy atom. The third-order valence-electron chi connectivity index (χ3n) is 2.36. The molecule has 0 aliphatic carbocycles. The van der Waals surface area contributed by atoms with Crippen molar-refractivity contribution < 1.29 is 18.3 Å². The zero-order valence-corrected chi connectivity index (χ0v) is 9.84. The third-order valence-corrected chi connectivity index (χ3v) is 2.36. The van der Waals surface area contributed by atoms with Crippen molar-refractivity contribution in [3.05, 3.63) is 29.8 Å². The summed E-state index contributed by atoms with van der Waals surface area (Å²) in [6, 6.07) is 3.05. The SMILES string of the molecule is CCCCCCC(=O)Oc1ccc(F)c(F)c1. The molecule has 0 unspecified atom stereocenters. The summed E-state index contributed by atoms with van der Waals surface area (Å²) in [5, 5.41) is 0. The molecular weight excluding hydrogens is 226 g/mol. The van der Waals surface area contributed by atoms with Gasteiger partial charge in [0.15, 0.2) is 11.6 Å². The van der Waals surface area contributed by atoms with Crippen molar-refractivity contribution in [3.63, 3.8) is 0 Å². The Morgan fingerprint density at radius 2 is 1.94 bits per heavy atom. The highest BCUT2D eigenvalue weighted by molar-refractivity contribution is 5.72. The molecule has 4 heteroatoms. The largest absolute Gasteiger partial charge is 0.426 e. The van der Waals surface area contributed by atoms with Crippen LogP contribution in [-0.2, 0) is 4.79 Å². The fourth-order valence-electron chi connectivity index (χ4n) is 1.42. The molecule has 2 nitrogen and oxygen atoms in total. The Bertz CT molecular complexity index is 378. The second-order valence-electron chi connectivity index (χ2n) is 3.86. The highest BCUT2D eigenvalue weighted by atomic mass is 19.2. The summed E-state index contributed by atoms with van der Waals surface area (Å²) in [7, 11) is 0. The number of hydrogen-bond donors (Lipinski definition) is 0. The molecule has 1 rings (SSSR count). The quantitative estimate of drug-likeness (QED) is 0.430. The van der Waals surface area contributed by atoms with Gasteiger partial charge in [-0.05, 0) is 18.6 Å². The smallest absolute Gasteiger partial charge is 0.311 e. The first-order valence-corrected chi connectivity index (χ1v) is 5.79. The molecule has 0 bridgehead atoms. The van der Waals surface area contributed by atoms with E-state index in [1.54, 1.807) is 0 Å². The van der Waals surface area contributed by atoms with Crippen molar-refractivity contribution in [2.45, 2.75) is 39.0 Å². The summed E-state index contributed by atoms with van der Waals surface area (Å²) in [6.07, 6.45) is 4.22. The zero-order chi connectivity index (χ0) is 12.7. The van der Waals surface area contributed by atoms with Gasteiger partial charge in [-0.2, -0.15) is 0 Å². The van der Waals surface area contributed by atoms with Crippen LogP contribution in [0.5, 0.6) is 5.75 Å². The van der Waals surface area contributed by atoms with Gasteiger partial charge < -0.3 is 4.74 Å². The molecular formula is C13H16F2O2. The van der Waals surface area contributed by atoms with Gasteiger partial charge in [0.25, 0.3) is 0 Å². The van der Waals surface area contributed by atoms with Gasteiger partial charge in [-0.15, -0.1) is 0 Å². The van der Waals surface area contributed by atoms with Gasteiger partial charge in [0.05, 0.1) is 0 Å². The van der Waals surface area contributed by atoms with Crippen LogP contribution in [0.3, 0.4) is 0 Å². The van der Waals surface area contributed by atoms with Crippen LogP contribution < -0.4 is 4.74 Å². The minimum Gasteiger partial charge on any atom is -0.426 e. The molecule has 0 aliphatic heterocycles. The third kappa shape index (κ3) is 4.93. The van der Waals surface area contributed by atoms with Gasteiger partial charge in [0.1, 0.15) is 5.75 Å². The molecule has 0 amide bonds. The number of ether oxygens (including phenoxy) is 1. The summed E-state index contributed by atoms with van der Waals surface area (Å²) in [4.78, 5) is 11.3. The van der Waals surface area contributed by atoms with Crippen molar-refractivity contribution in [3.8, 4) is 5.75 Å². The second kappa shape index (κ2) is 6.99. The molecule has 0 radical (unpaired) electrons. The first-order chi connectivity index (χ1) is 8.13. The van der Waals surface area contributed by atoms with E-state index in [0.29, 0.717) is 6.42 Å². The molecule has 1 aromatic rings. The topological polar surface area (TPSA) is 26.3 Å². The van der Waals surface area contributed by atoms with E-state index in [9.17, 15) is 13.6 Å². The Labute approximate surface area is 99.6 Å². The predicted molar refractivity (Wildman–Crippen MR) is 60.8 cm³/mol. The minimum atomic E-state index is -1.01. The van der Waals surface area contributed by atoms with Crippen LogP contribution in [0.2, 0.25) is 0 Å². The maximum absolute atomic E-state index is 12.8. The summed E-state index contributed by atoms with van der Waals surface area (Å²) in [5.41, 5.74) is 0. The molecule has 0 atom stereocenters. The minimum absolute atomic E-state index is 0.0457. The second-order valence-corrected chi connectivity index (χ2v) is 3.86.